The minimum atomic E-state index is -3.83. The molecule has 1 amide bonds. The van der Waals surface area contributed by atoms with Crippen LogP contribution in [0.25, 0.3) is 0 Å². The Kier molecular flexibility index (Phi) is 5.41. The molecule has 2 aromatic carbocycles. The number of benzene rings is 2. The summed E-state index contributed by atoms with van der Waals surface area (Å²) in [5.41, 5.74) is 0.359. The van der Waals surface area contributed by atoms with Crippen LogP contribution in [0.3, 0.4) is 0 Å². The van der Waals surface area contributed by atoms with Gasteiger partial charge in [0.2, 0.25) is 20.0 Å². The number of amides is 1. The lowest BCUT2D eigenvalue weighted by Crippen LogP contribution is -2.25. The van der Waals surface area contributed by atoms with Crippen molar-refractivity contribution in [3.63, 3.8) is 0 Å². The van der Waals surface area contributed by atoms with Crippen LogP contribution in [0.2, 0.25) is 0 Å². The highest BCUT2D eigenvalue weighted by molar-refractivity contribution is 7.93. The Balaban J connectivity index is 1.81. The number of halogens is 1. The van der Waals surface area contributed by atoms with Gasteiger partial charge in [-0.15, -0.1) is 0 Å². The monoisotopic (exact) mass is 427 g/mol. The van der Waals surface area contributed by atoms with Crippen molar-refractivity contribution >= 4 is 37.3 Å². The van der Waals surface area contributed by atoms with Gasteiger partial charge in [0, 0.05) is 12.2 Å². The highest BCUT2D eigenvalue weighted by Crippen LogP contribution is 2.25. The molecule has 0 atom stereocenters. The SMILES string of the molecule is CNS(=O)(=O)c1ccc(F)c(C(=O)Nc2ccc(N3CCCS3(=O)=O)cc2)c1. The Bertz CT molecular complexity index is 1120. The molecule has 1 aliphatic rings. The molecule has 0 bridgehead atoms. The average Bonchev–Trinajstić information content (AvgIpc) is 3.01. The van der Waals surface area contributed by atoms with Gasteiger partial charge in [0.05, 0.1) is 21.9 Å². The molecule has 0 aliphatic carbocycles. The second-order valence-electron chi connectivity index (χ2n) is 6.09. The molecular weight excluding hydrogens is 409 g/mol. The van der Waals surface area contributed by atoms with Crippen molar-refractivity contribution in [3.8, 4) is 0 Å². The largest absolute Gasteiger partial charge is 0.322 e. The van der Waals surface area contributed by atoms with E-state index in [-0.39, 0.29) is 10.6 Å². The highest BCUT2D eigenvalue weighted by Gasteiger charge is 2.28. The van der Waals surface area contributed by atoms with E-state index >= 15 is 0 Å². The molecule has 1 aliphatic heterocycles. The van der Waals surface area contributed by atoms with E-state index in [4.69, 9.17) is 0 Å². The van der Waals surface area contributed by atoms with Crippen LogP contribution in [0.15, 0.2) is 47.4 Å². The van der Waals surface area contributed by atoms with Crippen LogP contribution < -0.4 is 14.3 Å². The second kappa shape index (κ2) is 7.49. The first-order valence-corrected chi connectivity index (χ1v) is 11.4. The van der Waals surface area contributed by atoms with Gasteiger partial charge >= 0.3 is 0 Å². The molecule has 2 N–H and O–H groups in total. The van der Waals surface area contributed by atoms with Crippen molar-refractivity contribution in [2.75, 3.05) is 29.0 Å². The first-order valence-electron chi connectivity index (χ1n) is 8.29. The number of sulfonamides is 2. The van der Waals surface area contributed by atoms with Crippen LogP contribution in [-0.2, 0) is 20.0 Å². The van der Waals surface area contributed by atoms with Crippen molar-refractivity contribution in [1.82, 2.24) is 4.72 Å². The van der Waals surface area contributed by atoms with Gasteiger partial charge in [-0.2, -0.15) is 0 Å². The predicted molar refractivity (Wildman–Crippen MR) is 103 cm³/mol. The number of rotatable bonds is 5. The number of anilines is 2. The topological polar surface area (TPSA) is 113 Å². The molecule has 8 nitrogen and oxygen atoms in total. The molecule has 0 spiro atoms. The summed E-state index contributed by atoms with van der Waals surface area (Å²) in [6.07, 6.45) is 0.548. The van der Waals surface area contributed by atoms with E-state index in [9.17, 15) is 26.0 Å². The summed E-state index contributed by atoms with van der Waals surface area (Å²) < 4.78 is 65.0. The number of nitrogens with one attached hydrogen (secondary N) is 2. The Hall–Kier alpha value is -2.50. The molecule has 1 fully saturated rings. The van der Waals surface area contributed by atoms with Gasteiger partial charge in [-0.05, 0) is 55.9 Å². The predicted octanol–water partition coefficient (Wildman–Crippen LogP) is 1.53. The van der Waals surface area contributed by atoms with Gasteiger partial charge < -0.3 is 5.32 Å². The molecule has 2 aromatic rings. The van der Waals surface area contributed by atoms with Crippen molar-refractivity contribution < 1.29 is 26.0 Å². The van der Waals surface area contributed by atoms with Crippen LogP contribution >= 0.6 is 0 Å². The molecule has 3 rings (SSSR count). The summed E-state index contributed by atoms with van der Waals surface area (Å²) in [4.78, 5) is 12.1. The summed E-state index contributed by atoms with van der Waals surface area (Å²) >= 11 is 0. The van der Waals surface area contributed by atoms with Crippen LogP contribution in [0.4, 0.5) is 15.8 Å². The number of hydrogen-bond acceptors (Lipinski definition) is 5. The minimum Gasteiger partial charge on any atom is -0.322 e. The lowest BCUT2D eigenvalue weighted by atomic mass is 10.2. The van der Waals surface area contributed by atoms with Gasteiger partial charge in [-0.1, -0.05) is 0 Å². The maximum atomic E-state index is 14.0. The van der Waals surface area contributed by atoms with Crippen LogP contribution in [0.1, 0.15) is 16.8 Å². The van der Waals surface area contributed by atoms with Crippen molar-refractivity contribution in [3.05, 3.63) is 53.8 Å². The van der Waals surface area contributed by atoms with E-state index in [2.05, 4.69) is 10.0 Å². The summed E-state index contributed by atoms with van der Waals surface area (Å²) in [6.45, 7) is 0.395. The molecule has 0 unspecified atom stereocenters. The molecule has 0 saturated carbocycles. The molecule has 28 heavy (non-hydrogen) atoms. The fourth-order valence-electron chi connectivity index (χ4n) is 2.80. The van der Waals surface area contributed by atoms with Crippen LogP contribution in [-0.4, -0.2) is 42.1 Å². The minimum absolute atomic E-state index is 0.0939. The third kappa shape index (κ3) is 4.01. The van der Waals surface area contributed by atoms with Gasteiger partial charge in [-0.3, -0.25) is 9.10 Å². The Morgan fingerprint density at radius 3 is 2.39 bits per heavy atom. The molecule has 11 heteroatoms. The lowest BCUT2D eigenvalue weighted by Gasteiger charge is -2.17. The third-order valence-corrected chi connectivity index (χ3v) is 7.56. The smallest absolute Gasteiger partial charge is 0.258 e. The van der Waals surface area contributed by atoms with Gasteiger partial charge in [0.15, 0.2) is 0 Å². The molecular formula is C17H18FN3O5S2. The summed E-state index contributed by atoms with van der Waals surface area (Å²) in [5, 5.41) is 2.47. The first kappa shape index (κ1) is 20.2. The normalized spacial score (nSPS) is 16.1. The summed E-state index contributed by atoms with van der Waals surface area (Å²) in [5.74, 6) is -1.60. The molecule has 1 saturated heterocycles. The van der Waals surface area contributed by atoms with E-state index < -0.39 is 37.3 Å². The van der Waals surface area contributed by atoms with Gasteiger partial charge in [0.25, 0.3) is 5.91 Å². The third-order valence-electron chi connectivity index (χ3n) is 4.27. The Labute approximate surface area is 162 Å². The average molecular weight is 427 g/mol. The number of carbonyl (C=O) groups excluding carboxylic acids is 1. The zero-order valence-corrected chi connectivity index (χ0v) is 16.5. The summed E-state index contributed by atoms with van der Waals surface area (Å²) in [6, 6.07) is 8.97. The van der Waals surface area contributed by atoms with Gasteiger partial charge in [0.1, 0.15) is 5.82 Å². The van der Waals surface area contributed by atoms with E-state index in [1.54, 1.807) is 0 Å². The first-order chi connectivity index (χ1) is 13.1. The number of nitrogens with zero attached hydrogens (tertiary/aromatic N) is 1. The molecule has 0 aromatic heterocycles. The Morgan fingerprint density at radius 1 is 1.14 bits per heavy atom. The second-order valence-corrected chi connectivity index (χ2v) is 9.99. The van der Waals surface area contributed by atoms with E-state index in [1.165, 1.54) is 35.6 Å². The summed E-state index contributed by atoms with van der Waals surface area (Å²) in [7, 11) is -5.93. The fraction of sp³-hybridized carbons (Fsp3) is 0.235. The lowest BCUT2D eigenvalue weighted by molar-refractivity contribution is 0.102. The molecule has 150 valence electrons. The highest BCUT2D eigenvalue weighted by atomic mass is 32.2. The van der Waals surface area contributed by atoms with Gasteiger partial charge in [-0.25, -0.2) is 25.9 Å². The van der Waals surface area contributed by atoms with E-state index in [0.717, 1.165) is 18.2 Å². The van der Waals surface area contributed by atoms with Crippen molar-refractivity contribution in [2.45, 2.75) is 11.3 Å². The van der Waals surface area contributed by atoms with Crippen LogP contribution in [0.5, 0.6) is 0 Å². The van der Waals surface area contributed by atoms with E-state index in [0.29, 0.717) is 24.3 Å². The zero-order chi connectivity index (χ0) is 20.5. The van der Waals surface area contributed by atoms with E-state index in [1.807, 2.05) is 0 Å². The standard InChI is InChI=1S/C17H18FN3O5S2/c1-19-28(25,26)14-7-8-16(18)15(11-14)17(22)20-12-3-5-13(6-4-12)21-9-2-10-27(21,23)24/h3-8,11,19H,2,9-10H2,1H3,(H,20,22). The quantitative estimate of drug-likeness (QED) is 0.751. The Morgan fingerprint density at radius 2 is 1.82 bits per heavy atom. The number of hydrogen-bond donors (Lipinski definition) is 2. The molecule has 1 heterocycles. The maximum absolute atomic E-state index is 14.0. The number of carbonyl (C=O) groups is 1. The van der Waals surface area contributed by atoms with Crippen molar-refractivity contribution in [2.24, 2.45) is 0 Å². The maximum Gasteiger partial charge on any atom is 0.258 e. The van der Waals surface area contributed by atoms with Crippen LogP contribution in [0, 0.1) is 5.82 Å². The fourth-order valence-corrected chi connectivity index (χ4v) is 5.12. The van der Waals surface area contributed by atoms with Crippen molar-refractivity contribution in [1.29, 1.82) is 0 Å². The zero-order valence-electron chi connectivity index (χ0n) is 14.8. The molecule has 0 radical (unpaired) electrons.